The van der Waals surface area contributed by atoms with Gasteiger partial charge in [-0.05, 0) is 36.8 Å². The van der Waals surface area contributed by atoms with Crippen molar-refractivity contribution in [2.75, 3.05) is 18.2 Å². The monoisotopic (exact) mass is 290 g/mol. The number of carbonyl (C=O) groups is 1. The molecule has 6 heteroatoms. The van der Waals surface area contributed by atoms with E-state index in [1.165, 1.54) is 0 Å². The van der Waals surface area contributed by atoms with Crippen molar-refractivity contribution in [3.8, 4) is 5.75 Å². The average Bonchev–Trinajstić information content (AvgIpc) is 2.44. The Morgan fingerprint density at radius 3 is 2.57 bits per heavy atom. The number of hydrogen-bond acceptors (Lipinski definition) is 4. The first-order valence-corrected chi connectivity index (χ1v) is 6.16. The number of methoxy groups -OCH3 is 1. The Hall–Kier alpha value is -2.76. The zero-order valence-corrected chi connectivity index (χ0v) is 11.6. The van der Waals surface area contributed by atoms with E-state index in [0.717, 1.165) is 23.4 Å². The van der Waals surface area contributed by atoms with Crippen molar-refractivity contribution in [3.05, 3.63) is 47.3 Å². The molecule has 2 rings (SSSR count). The first-order valence-electron chi connectivity index (χ1n) is 6.16. The molecule has 0 spiro atoms. The highest BCUT2D eigenvalue weighted by molar-refractivity contribution is 5.91. The van der Waals surface area contributed by atoms with Gasteiger partial charge in [-0.25, -0.2) is 9.18 Å². The highest BCUT2D eigenvalue weighted by atomic mass is 19.1. The van der Waals surface area contributed by atoms with Crippen LogP contribution in [0.3, 0.4) is 0 Å². The molecule has 4 N–H and O–H groups in total. The number of carboxylic acid groups (broad SMARTS) is 1. The predicted octanol–water partition coefficient (Wildman–Crippen LogP) is 3.17. The van der Waals surface area contributed by atoms with Crippen LogP contribution in [0.25, 0.3) is 0 Å². The molecule has 21 heavy (non-hydrogen) atoms. The largest absolute Gasteiger partial charge is 0.497 e. The van der Waals surface area contributed by atoms with E-state index in [2.05, 4.69) is 5.32 Å². The molecule has 0 bridgehead atoms. The normalized spacial score (nSPS) is 10.2. The molecule has 0 unspecified atom stereocenters. The number of rotatable bonds is 4. The van der Waals surface area contributed by atoms with Crippen LogP contribution in [0.2, 0.25) is 0 Å². The van der Waals surface area contributed by atoms with E-state index < -0.39 is 17.3 Å². The molecule has 0 aromatic heterocycles. The number of nitrogens with two attached hydrogens (primary N) is 1. The lowest BCUT2D eigenvalue weighted by atomic mass is 10.1. The fourth-order valence-corrected chi connectivity index (χ4v) is 1.91. The maximum Gasteiger partial charge on any atom is 0.338 e. The number of aromatic carboxylic acids is 1. The van der Waals surface area contributed by atoms with Gasteiger partial charge in [0.25, 0.3) is 0 Å². The lowest BCUT2D eigenvalue weighted by Gasteiger charge is -2.13. The van der Waals surface area contributed by atoms with Crippen LogP contribution >= 0.6 is 0 Å². The molecule has 110 valence electrons. The minimum atomic E-state index is -1.36. The predicted molar refractivity (Wildman–Crippen MR) is 78.8 cm³/mol. The van der Waals surface area contributed by atoms with Crippen LogP contribution in [-0.2, 0) is 0 Å². The Labute approximate surface area is 121 Å². The molecule has 0 saturated carbocycles. The molecule has 0 aliphatic carbocycles. The average molecular weight is 290 g/mol. The van der Waals surface area contributed by atoms with E-state index in [4.69, 9.17) is 15.6 Å². The molecule has 0 amide bonds. The second-order valence-corrected chi connectivity index (χ2v) is 4.53. The summed E-state index contributed by atoms with van der Waals surface area (Å²) in [4.78, 5) is 10.8. The lowest BCUT2D eigenvalue weighted by molar-refractivity contribution is 0.0692. The van der Waals surface area contributed by atoms with Crippen LogP contribution in [0.1, 0.15) is 15.9 Å². The summed E-state index contributed by atoms with van der Waals surface area (Å²) in [5.74, 6) is -1.49. The number of nitrogens with one attached hydrogen (secondary N) is 1. The summed E-state index contributed by atoms with van der Waals surface area (Å²) in [5.41, 5.74) is 7.39. The van der Waals surface area contributed by atoms with Crippen LogP contribution in [0.15, 0.2) is 30.3 Å². The molecule has 0 aliphatic heterocycles. The van der Waals surface area contributed by atoms with Crippen molar-refractivity contribution >= 4 is 23.0 Å². The molecule has 0 aliphatic rings. The second kappa shape index (κ2) is 5.70. The van der Waals surface area contributed by atoms with Crippen LogP contribution < -0.4 is 15.8 Å². The smallest absolute Gasteiger partial charge is 0.338 e. The molecular formula is C15H15FN2O3. The zero-order valence-electron chi connectivity index (χ0n) is 11.6. The maximum atomic E-state index is 13.7. The van der Waals surface area contributed by atoms with Gasteiger partial charge in [0.2, 0.25) is 0 Å². The number of nitrogen functional groups attached to an aromatic ring is 1. The van der Waals surface area contributed by atoms with Gasteiger partial charge in [0.05, 0.1) is 24.0 Å². The Bertz CT molecular complexity index is 702. The highest BCUT2D eigenvalue weighted by Crippen LogP contribution is 2.29. The van der Waals surface area contributed by atoms with Crippen molar-refractivity contribution in [3.63, 3.8) is 0 Å². The molecule has 0 radical (unpaired) electrons. The van der Waals surface area contributed by atoms with Crippen molar-refractivity contribution in [2.24, 2.45) is 0 Å². The number of ether oxygens (including phenoxy) is 1. The molecular weight excluding hydrogens is 275 g/mol. The minimum absolute atomic E-state index is 0.156. The van der Waals surface area contributed by atoms with E-state index >= 15 is 0 Å². The van der Waals surface area contributed by atoms with Gasteiger partial charge in [-0.15, -0.1) is 0 Å². The Balaban J connectivity index is 2.36. The Morgan fingerprint density at radius 1 is 1.29 bits per heavy atom. The van der Waals surface area contributed by atoms with E-state index in [1.807, 2.05) is 13.0 Å². The van der Waals surface area contributed by atoms with Gasteiger partial charge in [0.15, 0.2) is 0 Å². The van der Waals surface area contributed by atoms with E-state index in [-0.39, 0.29) is 5.69 Å². The quantitative estimate of drug-likeness (QED) is 0.753. The molecule has 0 atom stereocenters. The molecule has 0 saturated heterocycles. The maximum absolute atomic E-state index is 13.7. The summed E-state index contributed by atoms with van der Waals surface area (Å²) < 4.78 is 18.8. The Morgan fingerprint density at radius 2 is 2.00 bits per heavy atom. The Kier molecular flexibility index (Phi) is 3.98. The van der Waals surface area contributed by atoms with Crippen LogP contribution in [0, 0.1) is 12.7 Å². The summed E-state index contributed by atoms with van der Waals surface area (Å²) in [6.45, 7) is 1.86. The minimum Gasteiger partial charge on any atom is -0.497 e. The van der Waals surface area contributed by atoms with E-state index in [9.17, 15) is 9.18 Å². The van der Waals surface area contributed by atoms with Crippen LogP contribution in [0.5, 0.6) is 5.75 Å². The molecule has 2 aromatic rings. The van der Waals surface area contributed by atoms with E-state index in [0.29, 0.717) is 11.4 Å². The highest BCUT2D eigenvalue weighted by Gasteiger charge is 2.14. The van der Waals surface area contributed by atoms with Gasteiger partial charge in [-0.2, -0.15) is 0 Å². The number of halogens is 1. The summed E-state index contributed by atoms with van der Waals surface area (Å²) in [6.07, 6.45) is 0. The van der Waals surface area contributed by atoms with Gasteiger partial charge >= 0.3 is 5.97 Å². The fourth-order valence-electron chi connectivity index (χ4n) is 1.91. The van der Waals surface area contributed by atoms with Crippen molar-refractivity contribution < 1.29 is 19.0 Å². The molecule has 0 fully saturated rings. The van der Waals surface area contributed by atoms with Gasteiger partial charge in [0, 0.05) is 11.8 Å². The summed E-state index contributed by atoms with van der Waals surface area (Å²) >= 11 is 0. The first-order chi connectivity index (χ1) is 9.92. The van der Waals surface area contributed by atoms with Gasteiger partial charge in [-0.1, -0.05) is 0 Å². The third kappa shape index (κ3) is 3.05. The first kappa shape index (κ1) is 14.6. The van der Waals surface area contributed by atoms with Crippen LogP contribution in [0.4, 0.5) is 21.5 Å². The van der Waals surface area contributed by atoms with E-state index in [1.54, 1.807) is 19.2 Å². The van der Waals surface area contributed by atoms with Crippen molar-refractivity contribution in [2.45, 2.75) is 6.92 Å². The van der Waals surface area contributed by atoms with Crippen molar-refractivity contribution in [1.82, 2.24) is 0 Å². The second-order valence-electron chi connectivity index (χ2n) is 4.53. The topological polar surface area (TPSA) is 84.6 Å². The van der Waals surface area contributed by atoms with Crippen molar-refractivity contribution in [1.29, 1.82) is 0 Å². The molecule has 0 heterocycles. The van der Waals surface area contributed by atoms with Crippen LogP contribution in [-0.4, -0.2) is 18.2 Å². The standard InChI is InChI=1S/C15H15FN2O3/c1-8-5-9(21-2)3-4-13(8)18-14-7-11(16)10(15(19)20)6-12(14)17/h3-7,18H,17H2,1-2H3,(H,19,20). The summed E-state index contributed by atoms with van der Waals surface area (Å²) in [7, 11) is 1.57. The third-order valence-electron chi connectivity index (χ3n) is 3.07. The lowest BCUT2D eigenvalue weighted by Crippen LogP contribution is -2.05. The molecule has 2 aromatic carbocycles. The van der Waals surface area contributed by atoms with Gasteiger partial charge < -0.3 is 20.9 Å². The number of aryl methyl sites for hydroxylation is 1. The SMILES string of the molecule is COc1ccc(Nc2cc(F)c(C(=O)O)cc2N)c(C)c1. The fraction of sp³-hybridized carbons (Fsp3) is 0.133. The summed E-state index contributed by atoms with van der Waals surface area (Å²) in [6, 6.07) is 7.52. The zero-order chi connectivity index (χ0) is 15.6. The summed E-state index contributed by atoms with van der Waals surface area (Å²) in [5, 5.41) is 11.8. The number of benzene rings is 2. The molecule has 5 nitrogen and oxygen atoms in total. The van der Waals surface area contributed by atoms with Gasteiger partial charge in [-0.3, -0.25) is 0 Å². The third-order valence-corrected chi connectivity index (χ3v) is 3.07. The number of carboxylic acids is 1. The number of hydrogen-bond donors (Lipinski definition) is 3. The number of anilines is 3. The van der Waals surface area contributed by atoms with Gasteiger partial charge in [0.1, 0.15) is 11.6 Å².